The molecule has 6 rings (SSSR count). The van der Waals surface area contributed by atoms with E-state index in [0.29, 0.717) is 11.5 Å². The van der Waals surface area contributed by atoms with Crippen molar-refractivity contribution < 1.29 is 34.4 Å². The Labute approximate surface area is 298 Å². The average Bonchev–Trinajstić information content (AvgIpc) is 3.47. The molecular formula is C42H47IrN2O3-. The topological polar surface area (TPSA) is 76.2 Å². The number of aromatic nitrogens is 2. The number of ketones is 1. The van der Waals surface area contributed by atoms with Gasteiger partial charge in [-0.3, -0.25) is 9.78 Å². The van der Waals surface area contributed by atoms with Crippen molar-refractivity contribution in [1.82, 2.24) is 9.97 Å². The molecule has 2 aromatic heterocycles. The summed E-state index contributed by atoms with van der Waals surface area (Å²) < 4.78 is 6.33. The smallest absolute Gasteiger partial charge is 0.164 e. The van der Waals surface area contributed by atoms with Crippen LogP contribution >= 0.6 is 0 Å². The van der Waals surface area contributed by atoms with E-state index in [0.717, 1.165) is 64.2 Å². The molecule has 0 saturated heterocycles. The number of fused-ring (bicyclic) bond motifs is 5. The van der Waals surface area contributed by atoms with Crippen LogP contribution in [0.3, 0.4) is 0 Å². The molecule has 5 nitrogen and oxygen atoms in total. The van der Waals surface area contributed by atoms with Crippen LogP contribution in [0.1, 0.15) is 92.6 Å². The molecule has 0 bridgehead atoms. The van der Waals surface area contributed by atoms with E-state index in [4.69, 9.17) is 4.42 Å². The first-order chi connectivity index (χ1) is 22.5. The molecule has 0 fully saturated rings. The number of carbonyl (C=O) groups excluding carboxylic acids is 1. The van der Waals surface area contributed by atoms with E-state index in [1.165, 1.54) is 22.4 Å². The van der Waals surface area contributed by atoms with E-state index in [1.807, 2.05) is 53.7 Å². The number of furan rings is 1. The van der Waals surface area contributed by atoms with Gasteiger partial charge in [-0.2, -0.15) is 0 Å². The van der Waals surface area contributed by atoms with Crippen LogP contribution < -0.4 is 0 Å². The van der Waals surface area contributed by atoms with E-state index >= 15 is 0 Å². The minimum absolute atomic E-state index is 0. The van der Waals surface area contributed by atoms with Gasteiger partial charge in [-0.05, 0) is 48.6 Å². The molecule has 0 aliphatic rings. The summed E-state index contributed by atoms with van der Waals surface area (Å²) in [7, 11) is 0. The zero-order chi connectivity index (χ0) is 33.9. The van der Waals surface area contributed by atoms with E-state index in [1.54, 1.807) is 6.33 Å². The predicted octanol–water partition coefficient (Wildman–Crippen LogP) is 11.9. The van der Waals surface area contributed by atoms with Gasteiger partial charge in [-0.1, -0.05) is 121 Å². The molecule has 4 aromatic carbocycles. The van der Waals surface area contributed by atoms with Gasteiger partial charge < -0.3 is 9.52 Å². The van der Waals surface area contributed by atoms with Gasteiger partial charge in [0, 0.05) is 48.1 Å². The molecule has 0 atom stereocenters. The van der Waals surface area contributed by atoms with E-state index < -0.39 is 0 Å². The van der Waals surface area contributed by atoms with Crippen LogP contribution in [-0.4, -0.2) is 20.9 Å². The number of benzene rings is 4. The van der Waals surface area contributed by atoms with Crippen LogP contribution in [-0.2, 0) is 24.9 Å². The van der Waals surface area contributed by atoms with E-state index in [-0.39, 0.29) is 42.5 Å². The summed E-state index contributed by atoms with van der Waals surface area (Å²) in [4.78, 5) is 21.4. The SMILES string of the molecule is CC(C)c1c[c-]c(-c2ncnc3c2oc2cc4ccccc4cc23)c2ccccc12.CCC(C)(CC)C(=O)/C=C(\O)C(C)(CC)CC.[Ir]. The van der Waals surface area contributed by atoms with Crippen LogP contribution in [0, 0.1) is 16.9 Å². The van der Waals surface area contributed by atoms with Gasteiger partial charge in [0.2, 0.25) is 0 Å². The second-order valence-electron chi connectivity index (χ2n) is 13.4. The van der Waals surface area contributed by atoms with Crippen molar-refractivity contribution in [1.29, 1.82) is 0 Å². The molecule has 1 radical (unpaired) electrons. The maximum Gasteiger partial charge on any atom is 0.164 e. The molecule has 0 saturated carbocycles. The molecule has 0 aliphatic carbocycles. The Hall–Kier alpha value is -3.86. The van der Waals surface area contributed by atoms with Gasteiger partial charge in [0.05, 0.1) is 0 Å². The normalized spacial score (nSPS) is 12.4. The molecular weight excluding hydrogens is 773 g/mol. The first kappa shape index (κ1) is 37.0. The Morgan fingerprint density at radius 3 is 2.04 bits per heavy atom. The van der Waals surface area contributed by atoms with Gasteiger partial charge in [0.1, 0.15) is 28.8 Å². The van der Waals surface area contributed by atoms with Crippen LogP contribution in [0.2, 0.25) is 0 Å². The van der Waals surface area contributed by atoms with Crippen LogP contribution in [0.15, 0.2) is 89.3 Å². The molecule has 253 valence electrons. The molecule has 0 aliphatic heterocycles. The van der Waals surface area contributed by atoms with Crippen LogP contribution in [0.5, 0.6) is 0 Å². The third-order valence-corrected chi connectivity index (χ3v) is 10.5. The molecule has 6 aromatic rings. The van der Waals surface area contributed by atoms with Crippen LogP contribution in [0.4, 0.5) is 0 Å². The van der Waals surface area contributed by atoms with Gasteiger partial charge in [0.25, 0.3) is 0 Å². The summed E-state index contributed by atoms with van der Waals surface area (Å²) in [5, 5.41) is 15.8. The summed E-state index contributed by atoms with van der Waals surface area (Å²) in [6, 6.07) is 26.6. The summed E-state index contributed by atoms with van der Waals surface area (Å²) in [6.45, 7) is 16.5. The Morgan fingerprint density at radius 2 is 1.44 bits per heavy atom. The Balaban J connectivity index is 0.000000251. The Kier molecular flexibility index (Phi) is 11.7. The first-order valence-electron chi connectivity index (χ1n) is 16.9. The maximum absolute atomic E-state index is 12.2. The number of aliphatic hydroxyl groups excluding tert-OH is 1. The van der Waals surface area contributed by atoms with E-state index in [2.05, 4.69) is 84.5 Å². The fraction of sp³-hybridized carbons (Fsp3) is 0.357. The predicted molar refractivity (Wildman–Crippen MR) is 196 cm³/mol. The van der Waals surface area contributed by atoms with Gasteiger partial charge in [-0.25, -0.2) is 4.98 Å². The Bertz CT molecular complexity index is 2080. The number of allylic oxidation sites excluding steroid dienone is 2. The van der Waals surface area contributed by atoms with Crippen molar-refractivity contribution in [3.8, 4) is 11.3 Å². The molecule has 6 heteroatoms. The fourth-order valence-corrected chi connectivity index (χ4v) is 6.05. The van der Waals surface area contributed by atoms with E-state index in [9.17, 15) is 9.90 Å². The molecule has 0 amide bonds. The Morgan fingerprint density at radius 1 is 0.854 bits per heavy atom. The van der Waals surface area contributed by atoms with Crippen molar-refractivity contribution in [2.75, 3.05) is 0 Å². The zero-order valence-corrected chi connectivity index (χ0v) is 31.8. The van der Waals surface area contributed by atoms with Crippen molar-refractivity contribution in [3.05, 3.63) is 96.5 Å². The third-order valence-electron chi connectivity index (χ3n) is 10.5. The molecule has 1 N–H and O–H groups in total. The second kappa shape index (κ2) is 15.1. The molecule has 0 spiro atoms. The number of carbonyl (C=O) groups is 1. The van der Waals surface area contributed by atoms with Gasteiger partial charge in [0.15, 0.2) is 5.78 Å². The minimum atomic E-state index is -0.337. The summed E-state index contributed by atoms with van der Waals surface area (Å²) in [5.41, 5.74) is 4.79. The summed E-state index contributed by atoms with van der Waals surface area (Å²) in [6.07, 6.45) is 6.38. The quantitative estimate of drug-likeness (QED) is 0.0893. The zero-order valence-electron chi connectivity index (χ0n) is 29.4. The average molecular weight is 820 g/mol. The standard InChI is InChI=1S/C27H19N2O.C15H28O2.Ir/c1-16(2)19-11-12-22(21-10-6-5-9-20(19)21)25-27-26(29-15-28-25)23-13-17-7-3-4-8-18(17)14-24(23)30-27;1-7-14(5,8-2)12(16)11-13(17)15(6,9-3)10-4;/h3-11,13-16H,1-2H3;11,16H,7-10H2,1-6H3;/q-1;;/b;12-11-;. The first-order valence-corrected chi connectivity index (χ1v) is 16.9. The number of rotatable bonds is 9. The third kappa shape index (κ3) is 6.97. The molecule has 0 unspecified atom stereocenters. The van der Waals surface area contributed by atoms with Crippen molar-refractivity contribution in [2.45, 2.75) is 87.0 Å². The minimum Gasteiger partial charge on any atom is -0.512 e. The van der Waals surface area contributed by atoms with Crippen molar-refractivity contribution in [2.24, 2.45) is 10.8 Å². The largest absolute Gasteiger partial charge is 0.512 e. The van der Waals surface area contributed by atoms with Crippen LogP contribution in [0.25, 0.3) is 54.9 Å². The van der Waals surface area contributed by atoms with Gasteiger partial charge in [-0.15, -0.1) is 23.3 Å². The fourth-order valence-electron chi connectivity index (χ4n) is 6.05. The van der Waals surface area contributed by atoms with Crippen molar-refractivity contribution in [3.63, 3.8) is 0 Å². The molecule has 2 heterocycles. The molecule has 48 heavy (non-hydrogen) atoms. The number of nitrogens with zero attached hydrogens (tertiary/aromatic N) is 2. The number of aliphatic hydroxyl groups is 1. The summed E-state index contributed by atoms with van der Waals surface area (Å²) in [5.74, 6) is 0.706. The maximum atomic E-state index is 12.2. The number of hydrogen-bond donors (Lipinski definition) is 1. The monoisotopic (exact) mass is 820 g/mol. The number of hydrogen-bond acceptors (Lipinski definition) is 5. The van der Waals surface area contributed by atoms with Gasteiger partial charge >= 0.3 is 0 Å². The summed E-state index contributed by atoms with van der Waals surface area (Å²) >= 11 is 0. The van der Waals surface area contributed by atoms with Crippen molar-refractivity contribution >= 4 is 49.4 Å². The second-order valence-corrected chi connectivity index (χ2v) is 13.4.